The summed E-state index contributed by atoms with van der Waals surface area (Å²) in [5.74, 6) is -0.139. The standard InChI is InChI=1S/C16H32N2O3/c1-5-9-17-16(4,15(19)21-7-3)8-10-18-11-12-20-13-14(18)6-2/h14,17H,5-13H2,1-4H3. The lowest BCUT2D eigenvalue weighted by Gasteiger charge is -2.37. The number of ether oxygens (including phenoxy) is 2. The van der Waals surface area contributed by atoms with Gasteiger partial charge in [-0.05, 0) is 39.7 Å². The number of carbonyl (C=O) groups excluding carboxylic acids is 1. The minimum atomic E-state index is -0.595. The van der Waals surface area contributed by atoms with Gasteiger partial charge in [-0.15, -0.1) is 0 Å². The zero-order valence-electron chi connectivity index (χ0n) is 14.1. The summed E-state index contributed by atoms with van der Waals surface area (Å²) in [6.45, 7) is 12.8. The van der Waals surface area contributed by atoms with Gasteiger partial charge in [0.05, 0.1) is 19.8 Å². The van der Waals surface area contributed by atoms with Gasteiger partial charge in [-0.3, -0.25) is 9.69 Å². The number of hydrogen-bond acceptors (Lipinski definition) is 5. The monoisotopic (exact) mass is 300 g/mol. The minimum absolute atomic E-state index is 0.139. The van der Waals surface area contributed by atoms with Gasteiger partial charge in [-0.1, -0.05) is 13.8 Å². The molecule has 5 heteroatoms. The molecule has 21 heavy (non-hydrogen) atoms. The van der Waals surface area contributed by atoms with Crippen LogP contribution in [0.3, 0.4) is 0 Å². The third-order valence-corrected chi connectivity index (χ3v) is 4.21. The van der Waals surface area contributed by atoms with Gasteiger partial charge in [0, 0.05) is 19.1 Å². The van der Waals surface area contributed by atoms with Crippen LogP contribution in [0.4, 0.5) is 0 Å². The first kappa shape index (κ1) is 18.4. The van der Waals surface area contributed by atoms with Crippen LogP contribution in [0, 0.1) is 0 Å². The highest BCUT2D eigenvalue weighted by atomic mass is 16.5. The van der Waals surface area contributed by atoms with Crippen LogP contribution in [0.5, 0.6) is 0 Å². The predicted octanol–water partition coefficient (Wildman–Crippen LogP) is 1.81. The fourth-order valence-electron chi connectivity index (χ4n) is 2.68. The molecule has 0 bridgehead atoms. The molecule has 124 valence electrons. The molecule has 0 radical (unpaired) electrons. The van der Waals surface area contributed by atoms with E-state index in [1.807, 2.05) is 13.8 Å². The summed E-state index contributed by atoms with van der Waals surface area (Å²) >= 11 is 0. The quantitative estimate of drug-likeness (QED) is 0.658. The first-order valence-corrected chi connectivity index (χ1v) is 8.31. The number of esters is 1. The minimum Gasteiger partial charge on any atom is -0.465 e. The first-order chi connectivity index (χ1) is 10.1. The van der Waals surface area contributed by atoms with Gasteiger partial charge in [0.2, 0.25) is 0 Å². The predicted molar refractivity (Wildman–Crippen MR) is 84.4 cm³/mol. The van der Waals surface area contributed by atoms with E-state index in [1.165, 1.54) is 0 Å². The lowest BCUT2D eigenvalue weighted by atomic mass is 9.96. The Hall–Kier alpha value is -0.650. The van der Waals surface area contributed by atoms with E-state index in [0.29, 0.717) is 12.6 Å². The summed E-state index contributed by atoms with van der Waals surface area (Å²) in [5.41, 5.74) is -0.595. The van der Waals surface area contributed by atoms with E-state index in [0.717, 1.165) is 52.1 Å². The van der Waals surface area contributed by atoms with E-state index in [4.69, 9.17) is 9.47 Å². The Labute approximate surface area is 129 Å². The van der Waals surface area contributed by atoms with Crippen LogP contribution in [-0.2, 0) is 14.3 Å². The Kier molecular flexibility index (Phi) is 8.22. The molecule has 1 rings (SSSR count). The number of hydrogen-bond donors (Lipinski definition) is 1. The fraction of sp³-hybridized carbons (Fsp3) is 0.938. The lowest BCUT2D eigenvalue weighted by molar-refractivity contribution is -0.151. The summed E-state index contributed by atoms with van der Waals surface area (Å²) in [6, 6.07) is 0.469. The summed E-state index contributed by atoms with van der Waals surface area (Å²) in [4.78, 5) is 14.7. The molecule has 1 aliphatic heterocycles. The molecule has 1 N–H and O–H groups in total. The highest BCUT2D eigenvalue weighted by Crippen LogP contribution is 2.17. The van der Waals surface area contributed by atoms with E-state index in [9.17, 15) is 4.79 Å². The zero-order chi connectivity index (χ0) is 15.7. The van der Waals surface area contributed by atoms with Crippen LogP contribution in [0.15, 0.2) is 0 Å². The van der Waals surface area contributed by atoms with E-state index in [-0.39, 0.29) is 5.97 Å². The van der Waals surface area contributed by atoms with Crippen LogP contribution in [0.25, 0.3) is 0 Å². The van der Waals surface area contributed by atoms with Crippen LogP contribution >= 0.6 is 0 Å². The molecular formula is C16H32N2O3. The van der Waals surface area contributed by atoms with Gasteiger partial charge in [-0.2, -0.15) is 0 Å². The Balaban J connectivity index is 2.60. The Morgan fingerprint density at radius 2 is 2.19 bits per heavy atom. The SMILES string of the molecule is CCCNC(C)(CCN1CCOCC1CC)C(=O)OCC. The van der Waals surface area contributed by atoms with Crippen LogP contribution < -0.4 is 5.32 Å². The second kappa shape index (κ2) is 9.38. The molecular weight excluding hydrogens is 268 g/mol. The lowest BCUT2D eigenvalue weighted by Crippen LogP contribution is -2.54. The Bertz CT molecular complexity index is 312. The van der Waals surface area contributed by atoms with Crippen LogP contribution in [0.1, 0.15) is 47.0 Å². The van der Waals surface area contributed by atoms with Gasteiger partial charge in [0.1, 0.15) is 5.54 Å². The third-order valence-electron chi connectivity index (χ3n) is 4.21. The van der Waals surface area contributed by atoms with Crippen molar-refractivity contribution in [3.8, 4) is 0 Å². The molecule has 1 heterocycles. The normalized spacial score (nSPS) is 22.8. The number of carbonyl (C=O) groups is 1. The van der Waals surface area contributed by atoms with Crippen molar-refractivity contribution in [3.05, 3.63) is 0 Å². The molecule has 2 atom stereocenters. The summed E-state index contributed by atoms with van der Waals surface area (Å²) in [7, 11) is 0. The zero-order valence-corrected chi connectivity index (χ0v) is 14.1. The van der Waals surface area contributed by atoms with Crippen LogP contribution in [0.2, 0.25) is 0 Å². The van der Waals surface area contributed by atoms with Crippen molar-refractivity contribution < 1.29 is 14.3 Å². The van der Waals surface area contributed by atoms with Gasteiger partial charge in [0.15, 0.2) is 0 Å². The van der Waals surface area contributed by atoms with Gasteiger partial charge < -0.3 is 14.8 Å². The van der Waals surface area contributed by atoms with Crippen molar-refractivity contribution >= 4 is 5.97 Å². The maximum absolute atomic E-state index is 12.3. The van der Waals surface area contributed by atoms with E-state index < -0.39 is 5.54 Å². The molecule has 0 aromatic carbocycles. The van der Waals surface area contributed by atoms with Gasteiger partial charge in [-0.25, -0.2) is 0 Å². The largest absolute Gasteiger partial charge is 0.465 e. The summed E-state index contributed by atoms with van der Waals surface area (Å²) in [5, 5.41) is 3.37. The van der Waals surface area contributed by atoms with Gasteiger partial charge in [0.25, 0.3) is 0 Å². The number of rotatable bonds is 9. The summed E-state index contributed by atoms with van der Waals surface area (Å²) in [6.07, 6.45) is 2.85. The Morgan fingerprint density at radius 3 is 2.81 bits per heavy atom. The molecule has 0 aromatic rings. The third kappa shape index (κ3) is 5.57. The smallest absolute Gasteiger partial charge is 0.326 e. The number of nitrogens with one attached hydrogen (secondary N) is 1. The van der Waals surface area contributed by atoms with Crippen LogP contribution in [-0.4, -0.2) is 61.9 Å². The molecule has 2 unspecified atom stereocenters. The average molecular weight is 300 g/mol. The molecule has 0 amide bonds. The molecule has 0 aliphatic carbocycles. The van der Waals surface area contributed by atoms with E-state index >= 15 is 0 Å². The number of nitrogens with zero attached hydrogens (tertiary/aromatic N) is 1. The molecule has 5 nitrogen and oxygen atoms in total. The van der Waals surface area contributed by atoms with Gasteiger partial charge >= 0.3 is 5.97 Å². The molecule has 1 fully saturated rings. The van der Waals surface area contributed by atoms with E-state index in [2.05, 4.69) is 24.1 Å². The summed E-state index contributed by atoms with van der Waals surface area (Å²) < 4.78 is 10.8. The second-order valence-corrected chi connectivity index (χ2v) is 5.90. The fourth-order valence-corrected chi connectivity index (χ4v) is 2.68. The van der Waals surface area contributed by atoms with Crippen molar-refractivity contribution in [2.75, 3.05) is 39.5 Å². The van der Waals surface area contributed by atoms with Crippen molar-refractivity contribution in [1.82, 2.24) is 10.2 Å². The molecule has 0 saturated carbocycles. The van der Waals surface area contributed by atoms with Crippen molar-refractivity contribution in [2.24, 2.45) is 0 Å². The topological polar surface area (TPSA) is 50.8 Å². The van der Waals surface area contributed by atoms with E-state index in [1.54, 1.807) is 0 Å². The molecule has 0 spiro atoms. The van der Waals surface area contributed by atoms with Crippen molar-refractivity contribution in [2.45, 2.75) is 58.5 Å². The highest BCUT2D eigenvalue weighted by Gasteiger charge is 2.35. The second-order valence-electron chi connectivity index (χ2n) is 5.90. The highest BCUT2D eigenvalue weighted by molar-refractivity contribution is 5.80. The maximum Gasteiger partial charge on any atom is 0.326 e. The average Bonchev–Trinajstić information content (AvgIpc) is 2.51. The van der Waals surface area contributed by atoms with Crippen molar-refractivity contribution in [1.29, 1.82) is 0 Å². The molecule has 1 aliphatic rings. The Morgan fingerprint density at radius 1 is 1.43 bits per heavy atom. The molecule has 0 aromatic heterocycles. The number of morpholine rings is 1. The maximum atomic E-state index is 12.3. The first-order valence-electron chi connectivity index (χ1n) is 8.31. The molecule has 1 saturated heterocycles. The van der Waals surface area contributed by atoms with Crippen molar-refractivity contribution in [3.63, 3.8) is 0 Å².